The van der Waals surface area contributed by atoms with Crippen molar-refractivity contribution in [3.05, 3.63) is 23.8 Å². The van der Waals surface area contributed by atoms with E-state index in [1.165, 1.54) is 18.4 Å². The molecule has 0 radical (unpaired) electrons. The maximum absolute atomic E-state index is 5.40. The fraction of sp³-hybridized carbons (Fsp3) is 0.600. The monoisotopic (exact) mass is 264 g/mol. The molecule has 1 heterocycles. The van der Waals surface area contributed by atoms with E-state index in [1.54, 1.807) is 0 Å². The SMILES string of the molecule is CC(NCCCCN(C)C)c1ccc2c(c1)OCO2. The maximum Gasteiger partial charge on any atom is 0.231 e. The predicted octanol–water partition coefficient (Wildman–Crippen LogP) is 2.41. The van der Waals surface area contributed by atoms with Crippen molar-refractivity contribution in [3.63, 3.8) is 0 Å². The van der Waals surface area contributed by atoms with Crippen molar-refractivity contribution in [2.75, 3.05) is 34.0 Å². The quantitative estimate of drug-likeness (QED) is 0.767. The van der Waals surface area contributed by atoms with Gasteiger partial charge in [0.25, 0.3) is 0 Å². The second-order valence-corrected chi connectivity index (χ2v) is 5.30. The van der Waals surface area contributed by atoms with Gasteiger partial charge in [-0.1, -0.05) is 6.07 Å². The zero-order valence-electron chi connectivity index (χ0n) is 12.1. The first-order valence-electron chi connectivity index (χ1n) is 6.94. The topological polar surface area (TPSA) is 33.7 Å². The van der Waals surface area contributed by atoms with Gasteiger partial charge in [-0.2, -0.15) is 0 Å². The summed E-state index contributed by atoms with van der Waals surface area (Å²) in [4.78, 5) is 2.22. The Hall–Kier alpha value is -1.26. The molecule has 0 saturated carbocycles. The van der Waals surface area contributed by atoms with E-state index in [0.717, 1.165) is 24.6 Å². The minimum atomic E-state index is 0.338. The Labute approximate surface area is 115 Å². The minimum Gasteiger partial charge on any atom is -0.454 e. The highest BCUT2D eigenvalue weighted by Gasteiger charge is 2.15. The highest BCUT2D eigenvalue weighted by Crippen LogP contribution is 2.34. The van der Waals surface area contributed by atoms with Crippen LogP contribution in [-0.4, -0.2) is 38.9 Å². The molecule has 106 valence electrons. The van der Waals surface area contributed by atoms with Crippen molar-refractivity contribution in [1.82, 2.24) is 10.2 Å². The van der Waals surface area contributed by atoms with E-state index in [1.807, 2.05) is 6.07 Å². The average Bonchev–Trinajstić information content (AvgIpc) is 2.84. The molecule has 1 unspecified atom stereocenters. The van der Waals surface area contributed by atoms with Gasteiger partial charge in [0.2, 0.25) is 6.79 Å². The predicted molar refractivity (Wildman–Crippen MR) is 76.8 cm³/mol. The van der Waals surface area contributed by atoms with Crippen LogP contribution in [0.2, 0.25) is 0 Å². The van der Waals surface area contributed by atoms with Gasteiger partial charge in [-0.3, -0.25) is 0 Å². The number of rotatable bonds is 7. The lowest BCUT2D eigenvalue weighted by atomic mass is 10.1. The Morgan fingerprint density at radius 2 is 2.00 bits per heavy atom. The van der Waals surface area contributed by atoms with Crippen molar-refractivity contribution in [1.29, 1.82) is 0 Å². The van der Waals surface area contributed by atoms with Crippen LogP contribution in [0.3, 0.4) is 0 Å². The fourth-order valence-corrected chi connectivity index (χ4v) is 2.17. The third-order valence-corrected chi connectivity index (χ3v) is 3.38. The molecule has 1 atom stereocenters. The minimum absolute atomic E-state index is 0.338. The lowest BCUT2D eigenvalue weighted by Crippen LogP contribution is -2.21. The van der Waals surface area contributed by atoms with Crippen LogP contribution in [0.25, 0.3) is 0 Å². The van der Waals surface area contributed by atoms with Gasteiger partial charge in [-0.15, -0.1) is 0 Å². The van der Waals surface area contributed by atoms with Gasteiger partial charge in [0.1, 0.15) is 0 Å². The molecule has 1 aromatic carbocycles. The molecule has 0 amide bonds. The molecule has 1 aromatic rings. The number of ether oxygens (including phenoxy) is 2. The van der Waals surface area contributed by atoms with Crippen LogP contribution in [0, 0.1) is 0 Å². The molecule has 4 nitrogen and oxygen atoms in total. The first-order chi connectivity index (χ1) is 9.16. The largest absolute Gasteiger partial charge is 0.454 e. The van der Waals surface area contributed by atoms with E-state index < -0.39 is 0 Å². The number of benzene rings is 1. The number of fused-ring (bicyclic) bond motifs is 1. The molecule has 0 aliphatic carbocycles. The maximum atomic E-state index is 5.40. The standard InChI is InChI=1S/C15H24N2O2/c1-12(16-8-4-5-9-17(2)3)13-6-7-14-15(10-13)19-11-18-14/h6-7,10,12,16H,4-5,8-9,11H2,1-3H3. The molecule has 0 bridgehead atoms. The Balaban J connectivity index is 1.75. The Morgan fingerprint density at radius 3 is 2.79 bits per heavy atom. The van der Waals surface area contributed by atoms with Crippen LogP contribution in [0.5, 0.6) is 11.5 Å². The summed E-state index contributed by atoms with van der Waals surface area (Å²) < 4.78 is 10.7. The highest BCUT2D eigenvalue weighted by molar-refractivity contribution is 5.45. The lowest BCUT2D eigenvalue weighted by molar-refractivity contribution is 0.174. The van der Waals surface area contributed by atoms with Gasteiger partial charge in [-0.25, -0.2) is 0 Å². The normalized spacial score (nSPS) is 14.9. The summed E-state index contributed by atoms with van der Waals surface area (Å²) in [7, 11) is 4.23. The molecule has 4 heteroatoms. The van der Waals surface area contributed by atoms with Crippen molar-refractivity contribution in [2.24, 2.45) is 0 Å². The van der Waals surface area contributed by atoms with Crippen LogP contribution in [0.15, 0.2) is 18.2 Å². The van der Waals surface area contributed by atoms with Gasteiger partial charge in [0.15, 0.2) is 11.5 Å². The molecular formula is C15H24N2O2. The Morgan fingerprint density at radius 1 is 1.21 bits per heavy atom. The van der Waals surface area contributed by atoms with Crippen LogP contribution in [-0.2, 0) is 0 Å². The number of hydrogen-bond donors (Lipinski definition) is 1. The van der Waals surface area contributed by atoms with E-state index in [4.69, 9.17) is 9.47 Å². The molecule has 0 saturated heterocycles. The van der Waals surface area contributed by atoms with E-state index in [2.05, 4.69) is 43.4 Å². The number of nitrogens with one attached hydrogen (secondary N) is 1. The van der Waals surface area contributed by atoms with E-state index in [9.17, 15) is 0 Å². The summed E-state index contributed by atoms with van der Waals surface area (Å²) in [5, 5.41) is 3.55. The van der Waals surface area contributed by atoms with Crippen LogP contribution in [0.4, 0.5) is 0 Å². The second kappa shape index (κ2) is 6.78. The van der Waals surface area contributed by atoms with Crippen molar-refractivity contribution in [3.8, 4) is 11.5 Å². The molecule has 0 aromatic heterocycles. The first-order valence-corrected chi connectivity index (χ1v) is 6.94. The summed E-state index contributed by atoms with van der Waals surface area (Å²) >= 11 is 0. The van der Waals surface area contributed by atoms with Gasteiger partial charge < -0.3 is 19.7 Å². The van der Waals surface area contributed by atoms with Crippen molar-refractivity contribution < 1.29 is 9.47 Å². The fourth-order valence-electron chi connectivity index (χ4n) is 2.17. The highest BCUT2D eigenvalue weighted by atomic mass is 16.7. The van der Waals surface area contributed by atoms with Crippen LogP contribution >= 0.6 is 0 Å². The van der Waals surface area contributed by atoms with E-state index >= 15 is 0 Å². The van der Waals surface area contributed by atoms with Crippen LogP contribution < -0.4 is 14.8 Å². The molecule has 1 N–H and O–H groups in total. The summed E-state index contributed by atoms with van der Waals surface area (Å²) in [6, 6.07) is 6.50. The first kappa shape index (κ1) is 14.2. The third-order valence-electron chi connectivity index (χ3n) is 3.38. The molecular weight excluding hydrogens is 240 g/mol. The lowest BCUT2D eigenvalue weighted by Gasteiger charge is -2.15. The van der Waals surface area contributed by atoms with E-state index in [-0.39, 0.29) is 0 Å². The average molecular weight is 264 g/mol. The number of unbranched alkanes of at least 4 members (excludes halogenated alkanes) is 1. The Kier molecular flexibility index (Phi) is 5.05. The smallest absolute Gasteiger partial charge is 0.231 e. The van der Waals surface area contributed by atoms with Crippen molar-refractivity contribution in [2.45, 2.75) is 25.8 Å². The summed E-state index contributed by atoms with van der Waals surface area (Å²) in [5.41, 5.74) is 1.25. The third kappa shape index (κ3) is 4.11. The second-order valence-electron chi connectivity index (χ2n) is 5.30. The Bertz CT molecular complexity index is 407. The molecule has 0 spiro atoms. The number of nitrogens with zero attached hydrogens (tertiary/aromatic N) is 1. The van der Waals surface area contributed by atoms with Gasteiger partial charge in [0, 0.05) is 6.04 Å². The molecule has 1 aliphatic rings. The summed E-state index contributed by atoms with van der Waals surface area (Å²) in [5.74, 6) is 1.71. The van der Waals surface area contributed by atoms with Crippen molar-refractivity contribution >= 4 is 0 Å². The molecule has 19 heavy (non-hydrogen) atoms. The summed E-state index contributed by atoms with van der Waals surface area (Å²) in [6.45, 7) is 4.72. The molecule has 2 rings (SSSR count). The van der Waals surface area contributed by atoms with E-state index in [0.29, 0.717) is 12.8 Å². The zero-order chi connectivity index (χ0) is 13.7. The molecule has 1 aliphatic heterocycles. The molecule has 0 fully saturated rings. The number of hydrogen-bond acceptors (Lipinski definition) is 4. The summed E-state index contributed by atoms with van der Waals surface area (Å²) in [6.07, 6.45) is 2.43. The van der Waals surface area contributed by atoms with Gasteiger partial charge in [0.05, 0.1) is 0 Å². The van der Waals surface area contributed by atoms with Gasteiger partial charge in [-0.05, 0) is 64.6 Å². The van der Waals surface area contributed by atoms with Crippen LogP contribution in [0.1, 0.15) is 31.4 Å². The zero-order valence-corrected chi connectivity index (χ0v) is 12.1. The van der Waals surface area contributed by atoms with Gasteiger partial charge >= 0.3 is 0 Å².